The van der Waals surface area contributed by atoms with Gasteiger partial charge in [-0.3, -0.25) is 0 Å². The number of rotatable bonds is 5. The van der Waals surface area contributed by atoms with E-state index in [-0.39, 0.29) is 5.92 Å². The van der Waals surface area contributed by atoms with E-state index in [1.165, 1.54) is 8.61 Å². The van der Waals surface area contributed by atoms with Crippen LogP contribution in [0.3, 0.4) is 0 Å². The Labute approximate surface area is 120 Å². The Kier molecular flexibility index (Phi) is 4.48. The molecule has 0 saturated heterocycles. The minimum atomic E-state index is -3.43. The van der Waals surface area contributed by atoms with Gasteiger partial charge in [0.1, 0.15) is 0 Å². The van der Waals surface area contributed by atoms with Crippen LogP contribution in [0.2, 0.25) is 0 Å². The van der Waals surface area contributed by atoms with Crippen LogP contribution in [0.25, 0.3) is 0 Å². The molecule has 0 amide bonds. The Hall–Kier alpha value is -0.960. The monoisotopic (exact) mass is 302 g/mol. The summed E-state index contributed by atoms with van der Waals surface area (Å²) in [5.41, 5.74) is 1.89. The fourth-order valence-corrected chi connectivity index (χ4v) is 3.61. The zero-order chi connectivity index (χ0) is 14.9. The van der Waals surface area contributed by atoms with E-state index in [4.69, 9.17) is 4.74 Å². The second-order valence-corrected chi connectivity index (χ2v) is 7.27. The molecule has 1 aliphatic heterocycles. The number of nitrogens with zero attached hydrogens (tertiary/aromatic N) is 4. The van der Waals surface area contributed by atoms with Crippen LogP contribution in [0.4, 0.5) is 0 Å². The highest BCUT2D eigenvalue weighted by atomic mass is 32.2. The van der Waals surface area contributed by atoms with Gasteiger partial charge >= 0.3 is 0 Å². The van der Waals surface area contributed by atoms with Gasteiger partial charge in [0.2, 0.25) is 0 Å². The van der Waals surface area contributed by atoms with E-state index < -0.39 is 10.2 Å². The predicted octanol–water partition coefficient (Wildman–Crippen LogP) is 0.162. The number of ether oxygens (including phenoxy) is 1. The number of aryl methyl sites for hydroxylation is 1. The average Bonchev–Trinajstić information content (AvgIpc) is 2.77. The Bertz CT molecular complexity index is 567. The van der Waals surface area contributed by atoms with Gasteiger partial charge < -0.3 is 9.30 Å². The average molecular weight is 302 g/mol. The number of hydrogen-bond acceptors (Lipinski definition) is 4. The van der Waals surface area contributed by atoms with E-state index in [1.54, 1.807) is 20.4 Å². The molecular formula is C12H22N4O3S. The molecule has 0 N–H and O–H groups in total. The van der Waals surface area contributed by atoms with Crippen LogP contribution < -0.4 is 0 Å². The van der Waals surface area contributed by atoms with E-state index in [2.05, 4.69) is 4.98 Å². The first-order valence-corrected chi connectivity index (χ1v) is 8.03. The summed E-state index contributed by atoms with van der Waals surface area (Å²) in [6.07, 6.45) is 1.73. The van der Waals surface area contributed by atoms with Crippen LogP contribution in [-0.2, 0) is 28.5 Å². The van der Waals surface area contributed by atoms with Crippen LogP contribution in [-0.4, -0.2) is 60.4 Å². The van der Waals surface area contributed by atoms with Gasteiger partial charge in [-0.1, -0.05) is 0 Å². The summed E-state index contributed by atoms with van der Waals surface area (Å²) in [4.78, 5) is 4.32. The van der Waals surface area contributed by atoms with Crippen LogP contribution in [0.1, 0.15) is 24.2 Å². The van der Waals surface area contributed by atoms with Crippen LogP contribution in [0, 0.1) is 0 Å². The fourth-order valence-electron chi connectivity index (χ4n) is 2.50. The minimum Gasteiger partial charge on any atom is -0.381 e. The van der Waals surface area contributed by atoms with Crippen molar-refractivity contribution >= 4 is 10.2 Å². The van der Waals surface area contributed by atoms with Gasteiger partial charge in [0.05, 0.1) is 25.2 Å². The Morgan fingerprint density at radius 1 is 1.50 bits per heavy atom. The highest BCUT2D eigenvalue weighted by Gasteiger charge is 2.35. The summed E-state index contributed by atoms with van der Waals surface area (Å²) >= 11 is 0. The van der Waals surface area contributed by atoms with Crippen molar-refractivity contribution in [3.05, 3.63) is 17.7 Å². The molecule has 1 aliphatic rings. The summed E-state index contributed by atoms with van der Waals surface area (Å²) in [6.45, 7) is 3.79. The van der Waals surface area contributed by atoms with Crippen molar-refractivity contribution in [2.24, 2.45) is 7.05 Å². The maximum Gasteiger partial charge on any atom is 0.281 e. The van der Waals surface area contributed by atoms with Crippen LogP contribution in [0.5, 0.6) is 0 Å². The molecule has 7 nitrogen and oxygen atoms in total. The lowest BCUT2D eigenvalue weighted by Crippen LogP contribution is -2.45. The lowest BCUT2D eigenvalue weighted by molar-refractivity contribution is 0.118. The minimum absolute atomic E-state index is 0.0147. The first kappa shape index (κ1) is 15.4. The number of imidazole rings is 1. The maximum absolute atomic E-state index is 12.3. The first-order valence-electron chi connectivity index (χ1n) is 6.63. The molecular weight excluding hydrogens is 280 g/mol. The van der Waals surface area contributed by atoms with Crippen LogP contribution >= 0.6 is 0 Å². The molecule has 0 spiro atoms. The molecule has 114 valence electrons. The molecule has 20 heavy (non-hydrogen) atoms. The third-order valence-corrected chi connectivity index (χ3v) is 5.36. The van der Waals surface area contributed by atoms with Crippen molar-refractivity contribution in [3.8, 4) is 0 Å². The van der Waals surface area contributed by atoms with Gasteiger partial charge in [0.25, 0.3) is 10.2 Å². The third-order valence-electron chi connectivity index (χ3n) is 3.51. The number of fused-ring (bicyclic) bond motifs is 1. The molecule has 0 radical (unpaired) electrons. The molecule has 1 aromatic heterocycles. The zero-order valence-corrected chi connectivity index (χ0v) is 13.2. The van der Waals surface area contributed by atoms with Crippen molar-refractivity contribution in [3.63, 3.8) is 0 Å². The fraction of sp³-hybridized carbons (Fsp3) is 0.750. The van der Waals surface area contributed by atoms with Gasteiger partial charge in [0, 0.05) is 45.9 Å². The Morgan fingerprint density at radius 3 is 2.80 bits per heavy atom. The first-order chi connectivity index (χ1) is 9.37. The van der Waals surface area contributed by atoms with Crippen molar-refractivity contribution in [1.82, 2.24) is 18.2 Å². The second-order valence-electron chi connectivity index (χ2n) is 5.13. The summed E-state index contributed by atoms with van der Waals surface area (Å²) in [5, 5.41) is 0. The van der Waals surface area contributed by atoms with Crippen molar-refractivity contribution in [1.29, 1.82) is 0 Å². The highest BCUT2D eigenvalue weighted by molar-refractivity contribution is 7.86. The molecule has 0 unspecified atom stereocenters. The molecule has 0 fully saturated rings. The largest absolute Gasteiger partial charge is 0.381 e. The molecule has 2 rings (SSSR count). The second kappa shape index (κ2) is 5.80. The van der Waals surface area contributed by atoms with Gasteiger partial charge in [-0.2, -0.15) is 17.0 Å². The molecule has 1 atom stereocenters. The molecule has 0 aliphatic carbocycles. The predicted molar refractivity (Wildman–Crippen MR) is 75.5 cm³/mol. The molecule has 0 bridgehead atoms. The zero-order valence-electron chi connectivity index (χ0n) is 12.4. The normalized spacial score (nSPS) is 20.4. The van der Waals surface area contributed by atoms with E-state index in [0.717, 1.165) is 11.4 Å². The molecule has 8 heteroatoms. The third kappa shape index (κ3) is 2.73. The maximum atomic E-state index is 12.3. The van der Waals surface area contributed by atoms with E-state index in [0.29, 0.717) is 26.3 Å². The van der Waals surface area contributed by atoms with Crippen molar-refractivity contribution in [2.45, 2.75) is 19.4 Å². The van der Waals surface area contributed by atoms with Gasteiger partial charge in [-0.05, 0) is 6.92 Å². The van der Waals surface area contributed by atoms with Crippen molar-refractivity contribution < 1.29 is 13.2 Å². The Morgan fingerprint density at radius 2 is 2.20 bits per heavy atom. The van der Waals surface area contributed by atoms with E-state index in [1.807, 2.05) is 18.5 Å². The number of hydrogen-bond donors (Lipinski definition) is 0. The SMILES string of the molecule is CCOC[C@H]1CN(S(=O)(=O)N(C)C)Cc2ncn(C)c21. The van der Waals surface area contributed by atoms with Gasteiger partial charge in [-0.25, -0.2) is 4.98 Å². The summed E-state index contributed by atoms with van der Waals surface area (Å²) in [7, 11) is 1.59. The quantitative estimate of drug-likeness (QED) is 0.777. The molecule has 0 saturated carbocycles. The highest BCUT2D eigenvalue weighted by Crippen LogP contribution is 2.29. The summed E-state index contributed by atoms with van der Waals surface area (Å²) in [5.74, 6) is 0.0147. The van der Waals surface area contributed by atoms with E-state index in [9.17, 15) is 8.42 Å². The van der Waals surface area contributed by atoms with Crippen molar-refractivity contribution in [2.75, 3.05) is 33.9 Å². The smallest absolute Gasteiger partial charge is 0.281 e. The Balaban J connectivity index is 2.31. The number of aromatic nitrogens is 2. The lowest BCUT2D eigenvalue weighted by Gasteiger charge is -2.33. The molecule has 2 heterocycles. The van der Waals surface area contributed by atoms with Gasteiger partial charge in [0.15, 0.2) is 0 Å². The standard InChI is InChI=1S/C12H22N4O3S/c1-5-19-8-10-6-16(20(17,18)14(2)3)7-11-12(10)15(4)9-13-11/h9-10H,5-8H2,1-4H3/t10-/m1/s1. The summed E-state index contributed by atoms with van der Waals surface area (Å²) < 4.78 is 34.8. The van der Waals surface area contributed by atoms with Crippen LogP contribution in [0.15, 0.2) is 6.33 Å². The molecule has 1 aromatic rings. The summed E-state index contributed by atoms with van der Waals surface area (Å²) in [6, 6.07) is 0. The van der Waals surface area contributed by atoms with Gasteiger partial charge in [-0.15, -0.1) is 0 Å². The topological polar surface area (TPSA) is 67.7 Å². The van der Waals surface area contributed by atoms with E-state index >= 15 is 0 Å². The molecule has 0 aromatic carbocycles. The lowest BCUT2D eigenvalue weighted by atomic mass is 10.0.